The van der Waals surface area contributed by atoms with Gasteiger partial charge in [-0.05, 0) is 41.1 Å². The molecule has 0 aliphatic rings. The Bertz CT molecular complexity index is 426. The smallest absolute Gasteiger partial charge is 0.100 e. The van der Waals surface area contributed by atoms with E-state index in [2.05, 4.69) is 33.2 Å². The van der Waals surface area contributed by atoms with Gasteiger partial charge in [0.2, 0.25) is 0 Å². The third kappa shape index (κ3) is 3.31. The fraction of sp³-hybridized carbons (Fsp3) is 0.250. The molecule has 0 saturated heterocycles. The molecule has 0 aliphatic heterocycles. The summed E-state index contributed by atoms with van der Waals surface area (Å²) in [5.74, 6) is 2.60. The van der Waals surface area contributed by atoms with Crippen LogP contribution in [0.4, 0.5) is 5.69 Å². The highest BCUT2D eigenvalue weighted by molar-refractivity contribution is 9.10. The minimum atomic E-state index is 0.231. The minimum absolute atomic E-state index is 0.231. The van der Waals surface area contributed by atoms with E-state index < -0.39 is 0 Å². The van der Waals surface area contributed by atoms with Crippen LogP contribution in [0.15, 0.2) is 22.7 Å². The van der Waals surface area contributed by atoms with E-state index in [4.69, 9.17) is 11.7 Å². The van der Waals surface area contributed by atoms with E-state index in [-0.39, 0.29) is 6.04 Å². The molecule has 0 amide bonds. The van der Waals surface area contributed by atoms with Crippen LogP contribution in [0.25, 0.3) is 0 Å². The highest BCUT2D eigenvalue weighted by atomic mass is 79.9. The number of hydrogen-bond acceptors (Lipinski definition) is 2. The lowest BCUT2D eigenvalue weighted by Crippen LogP contribution is -2.13. The molecule has 1 aromatic rings. The normalized spacial score (nSPS) is 11.2. The molecular weight excluding hydrogens is 252 g/mol. The number of nitrogens with one attached hydrogen (secondary N) is 1. The molecule has 0 heterocycles. The topological polar surface area (TPSA) is 35.8 Å². The van der Waals surface area contributed by atoms with E-state index in [0.29, 0.717) is 12.0 Å². The van der Waals surface area contributed by atoms with Gasteiger partial charge in [-0.2, -0.15) is 5.26 Å². The molecular formula is C12H11BrN2. The summed E-state index contributed by atoms with van der Waals surface area (Å²) in [6.45, 7) is 2.02. The maximum atomic E-state index is 8.75. The molecule has 1 aromatic carbocycles. The lowest BCUT2D eigenvalue weighted by molar-refractivity contribution is 0.829. The van der Waals surface area contributed by atoms with Gasteiger partial charge < -0.3 is 5.32 Å². The Hall–Kier alpha value is -1.45. The molecule has 2 nitrogen and oxygen atoms in total. The summed E-state index contributed by atoms with van der Waals surface area (Å²) in [6, 6.07) is 7.85. The van der Waals surface area contributed by atoms with Crippen LogP contribution in [0.1, 0.15) is 18.9 Å². The molecule has 76 valence electrons. The highest BCUT2D eigenvalue weighted by Crippen LogP contribution is 2.21. The van der Waals surface area contributed by atoms with Gasteiger partial charge in [0, 0.05) is 22.6 Å². The molecule has 0 bridgehead atoms. The summed E-state index contributed by atoms with van der Waals surface area (Å²) in [4.78, 5) is 0. The van der Waals surface area contributed by atoms with Crippen LogP contribution in [-0.2, 0) is 0 Å². The van der Waals surface area contributed by atoms with Crippen LogP contribution in [-0.4, -0.2) is 6.04 Å². The van der Waals surface area contributed by atoms with Crippen molar-refractivity contribution in [3.63, 3.8) is 0 Å². The van der Waals surface area contributed by atoms with Gasteiger partial charge in [0.1, 0.15) is 6.07 Å². The van der Waals surface area contributed by atoms with E-state index >= 15 is 0 Å². The summed E-state index contributed by atoms with van der Waals surface area (Å²) < 4.78 is 0.794. The molecule has 0 spiro atoms. The summed E-state index contributed by atoms with van der Waals surface area (Å²) in [5, 5.41) is 12.0. The average molecular weight is 263 g/mol. The second-order valence-electron chi connectivity index (χ2n) is 3.26. The van der Waals surface area contributed by atoms with Crippen LogP contribution in [0.3, 0.4) is 0 Å². The maximum absolute atomic E-state index is 8.75. The lowest BCUT2D eigenvalue weighted by atomic mass is 10.2. The molecule has 1 atom stereocenters. The molecule has 0 fully saturated rings. The first-order valence-electron chi connectivity index (χ1n) is 4.57. The number of terminal acetylenes is 1. The monoisotopic (exact) mass is 262 g/mol. The predicted molar refractivity (Wildman–Crippen MR) is 65.4 cm³/mol. The zero-order chi connectivity index (χ0) is 11.3. The maximum Gasteiger partial charge on any atom is 0.100 e. The van der Waals surface area contributed by atoms with Crippen LogP contribution in [0.5, 0.6) is 0 Å². The zero-order valence-electron chi connectivity index (χ0n) is 8.42. The minimum Gasteiger partial charge on any atom is -0.382 e. The van der Waals surface area contributed by atoms with Crippen molar-refractivity contribution < 1.29 is 0 Å². The van der Waals surface area contributed by atoms with Crippen LogP contribution >= 0.6 is 15.9 Å². The molecule has 1 N–H and O–H groups in total. The summed E-state index contributed by atoms with van der Waals surface area (Å²) >= 11 is 3.33. The van der Waals surface area contributed by atoms with E-state index in [1.165, 1.54) is 0 Å². The number of nitrogens with zero attached hydrogens (tertiary/aromatic N) is 1. The molecule has 0 radical (unpaired) electrons. The third-order valence-electron chi connectivity index (χ3n) is 1.93. The first-order valence-corrected chi connectivity index (χ1v) is 5.36. The summed E-state index contributed by atoms with van der Waals surface area (Å²) in [5.41, 5.74) is 1.59. The largest absolute Gasteiger partial charge is 0.382 e. The Morgan fingerprint density at radius 2 is 2.33 bits per heavy atom. The van der Waals surface area contributed by atoms with Gasteiger partial charge in [-0.1, -0.05) is 0 Å². The first-order chi connectivity index (χ1) is 7.17. The van der Waals surface area contributed by atoms with E-state index in [1.54, 1.807) is 6.07 Å². The predicted octanol–water partition coefficient (Wildman–Crippen LogP) is 3.14. The second-order valence-corrected chi connectivity index (χ2v) is 4.11. The van der Waals surface area contributed by atoms with Gasteiger partial charge in [-0.15, -0.1) is 12.3 Å². The van der Waals surface area contributed by atoms with Crippen molar-refractivity contribution in [1.29, 1.82) is 5.26 Å². The molecule has 3 heteroatoms. The molecule has 1 unspecified atom stereocenters. The Kier molecular flexibility index (Phi) is 4.21. The summed E-state index contributed by atoms with van der Waals surface area (Å²) in [7, 11) is 0. The number of hydrogen-bond donors (Lipinski definition) is 1. The highest BCUT2D eigenvalue weighted by Gasteiger charge is 2.03. The lowest BCUT2D eigenvalue weighted by Gasteiger charge is -2.12. The van der Waals surface area contributed by atoms with Gasteiger partial charge >= 0.3 is 0 Å². The average Bonchev–Trinajstić information content (AvgIpc) is 2.18. The Balaban J connectivity index is 2.77. The van der Waals surface area contributed by atoms with Gasteiger partial charge in [0.15, 0.2) is 0 Å². The van der Waals surface area contributed by atoms with Crippen molar-refractivity contribution in [2.45, 2.75) is 19.4 Å². The fourth-order valence-corrected chi connectivity index (χ4v) is 1.68. The van der Waals surface area contributed by atoms with Gasteiger partial charge in [-0.3, -0.25) is 0 Å². The van der Waals surface area contributed by atoms with Crippen LogP contribution < -0.4 is 5.32 Å². The van der Waals surface area contributed by atoms with Crippen molar-refractivity contribution in [2.24, 2.45) is 0 Å². The number of nitriles is 1. The van der Waals surface area contributed by atoms with Crippen molar-refractivity contribution in [3.8, 4) is 18.4 Å². The second kappa shape index (κ2) is 5.44. The number of anilines is 1. The van der Waals surface area contributed by atoms with E-state index in [0.717, 1.165) is 10.2 Å². The third-order valence-corrected chi connectivity index (χ3v) is 2.58. The van der Waals surface area contributed by atoms with Crippen molar-refractivity contribution in [1.82, 2.24) is 0 Å². The van der Waals surface area contributed by atoms with Gasteiger partial charge in [-0.25, -0.2) is 0 Å². The quantitative estimate of drug-likeness (QED) is 0.850. The molecule has 0 aromatic heterocycles. The van der Waals surface area contributed by atoms with Gasteiger partial charge in [0.25, 0.3) is 0 Å². The van der Waals surface area contributed by atoms with Crippen molar-refractivity contribution in [3.05, 3.63) is 28.2 Å². The first kappa shape index (κ1) is 11.6. The Morgan fingerprint density at radius 1 is 1.60 bits per heavy atom. The Labute approximate surface area is 98.4 Å². The van der Waals surface area contributed by atoms with Crippen molar-refractivity contribution >= 4 is 21.6 Å². The van der Waals surface area contributed by atoms with E-state index in [9.17, 15) is 0 Å². The van der Waals surface area contributed by atoms with Gasteiger partial charge in [0.05, 0.1) is 5.56 Å². The van der Waals surface area contributed by atoms with E-state index in [1.807, 2.05) is 19.1 Å². The SMILES string of the molecule is C#CCC(C)Nc1ccc(C#N)c(Br)c1. The zero-order valence-corrected chi connectivity index (χ0v) is 10.0. The summed E-state index contributed by atoms with van der Waals surface area (Å²) in [6.07, 6.45) is 5.89. The standard InChI is InChI=1S/C12H11BrN2/c1-3-4-9(2)15-11-6-5-10(8-14)12(13)7-11/h1,5-7,9,15H,4H2,2H3. The van der Waals surface area contributed by atoms with Crippen molar-refractivity contribution in [2.75, 3.05) is 5.32 Å². The van der Waals surface area contributed by atoms with Crippen LogP contribution in [0, 0.1) is 23.7 Å². The molecule has 15 heavy (non-hydrogen) atoms. The fourth-order valence-electron chi connectivity index (χ4n) is 1.21. The van der Waals surface area contributed by atoms with Crippen LogP contribution in [0.2, 0.25) is 0 Å². The molecule has 0 saturated carbocycles. The molecule has 1 rings (SSSR count). The number of halogens is 1. The molecule has 0 aliphatic carbocycles. The number of rotatable bonds is 3. The Morgan fingerprint density at radius 3 is 2.87 bits per heavy atom. The number of benzene rings is 1.